The van der Waals surface area contributed by atoms with Crippen LogP contribution in [0.3, 0.4) is 0 Å². The fraction of sp³-hybridized carbons (Fsp3) is 0.238. The number of para-hydroxylation sites is 1. The largest absolute Gasteiger partial charge is 0.363 e. The standard InChI is InChI=1S/C21H23N5O/c1-21(2,3)16-9-4-5-10-17(16)24-20(27)18-11-12-19(26-25-18)23-14-15-8-6-7-13-22-15/h4-13H,14H2,1-3H3,(H,23,26)(H,24,27). The number of carbonyl (C=O) groups is 1. The van der Waals surface area contributed by atoms with Crippen molar-refractivity contribution in [3.05, 3.63) is 77.7 Å². The molecule has 3 aromatic rings. The Hall–Kier alpha value is -3.28. The second-order valence-electron chi connectivity index (χ2n) is 7.23. The predicted molar refractivity (Wildman–Crippen MR) is 107 cm³/mol. The first kappa shape index (κ1) is 18.5. The van der Waals surface area contributed by atoms with Crippen molar-refractivity contribution in [2.75, 3.05) is 10.6 Å². The number of carbonyl (C=O) groups excluding carboxylic acids is 1. The van der Waals surface area contributed by atoms with E-state index in [0.29, 0.717) is 12.4 Å². The third-order valence-corrected chi connectivity index (χ3v) is 4.06. The molecule has 6 nitrogen and oxygen atoms in total. The number of pyridine rings is 1. The van der Waals surface area contributed by atoms with Crippen molar-refractivity contribution in [2.45, 2.75) is 32.7 Å². The summed E-state index contributed by atoms with van der Waals surface area (Å²) in [5, 5.41) is 14.2. The van der Waals surface area contributed by atoms with Gasteiger partial charge in [0.25, 0.3) is 5.91 Å². The quantitative estimate of drug-likeness (QED) is 0.717. The molecule has 2 aromatic heterocycles. The number of hydrogen-bond donors (Lipinski definition) is 2. The van der Waals surface area contributed by atoms with Gasteiger partial charge in [0.1, 0.15) is 5.82 Å². The first-order chi connectivity index (χ1) is 12.9. The van der Waals surface area contributed by atoms with Crippen molar-refractivity contribution in [3.8, 4) is 0 Å². The molecule has 0 aliphatic heterocycles. The average molecular weight is 361 g/mol. The first-order valence-corrected chi connectivity index (χ1v) is 8.82. The van der Waals surface area contributed by atoms with E-state index in [4.69, 9.17) is 0 Å². The molecule has 0 radical (unpaired) electrons. The second-order valence-corrected chi connectivity index (χ2v) is 7.23. The Morgan fingerprint density at radius 1 is 0.963 bits per heavy atom. The molecule has 2 heterocycles. The zero-order valence-corrected chi connectivity index (χ0v) is 15.7. The molecule has 0 bridgehead atoms. The number of aromatic nitrogens is 3. The highest BCUT2D eigenvalue weighted by Gasteiger charge is 2.19. The topological polar surface area (TPSA) is 79.8 Å². The van der Waals surface area contributed by atoms with E-state index >= 15 is 0 Å². The summed E-state index contributed by atoms with van der Waals surface area (Å²) in [6, 6.07) is 16.9. The Labute approximate surface area is 159 Å². The zero-order valence-electron chi connectivity index (χ0n) is 15.7. The van der Waals surface area contributed by atoms with Crippen LogP contribution in [-0.4, -0.2) is 21.1 Å². The summed E-state index contributed by atoms with van der Waals surface area (Å²) in [4.78, 5) is 16.8. The Morgan fingerprint density at radius 2 is 1.74 bits per heavy atom. The van der Waals surface area contributed by atoms with Crippen LogP contribution in [0.25, 0.3) is 0 Å². The minimum Gasteiger partial charge on any atom is -0.363 e. The van der Waals surface area contributed by atoms with Crippen molar-refractivity contribution in [3.63, 3.8) is 0 Å². The Kier molecular flexibility index (Phi) is 5.45. The van der Waals surface area contributed by atoms with E-state index in [1.54, 1.807) is 18.3 Å². The first-order valence-electron chi connectivity index (χ1n) is 8.82. The molecule has 27 heavy (non-hydrogen) atoms. The summed E-state index contributed by atoms with van der Waals surface area (Å²) >= 11 is 0. The van der Waals surface area contributed by atoms with Crippen LogP contribution in [0.5, 0.6) is 0 Å². The highest BCUT2D eigenvalue weighted by Crippen LogP contribution is 2.29. The van der Waals surface area contributed by atoms with Gasteiger partial charge in [-0.15, -0.1) is 10.2 Å². The Bertz CT molecular complexity index is 902. The number of amides is 1. The van der Waals surface area contributed by atoms with Gasteiger partial charge in [-0.25, -0.2) is 0 Å². The normalized spacial score (nSPS) is 11.1. The number of rotatable bonds is 5. The lowest BCUT2D eigenvalue weighted by Crippen LogP contribution is -2.19. The van der Waals surface area contributed by atoms with E-state index in [1.807, 2.05) is 42.5 Å². The van der Waals surface area contributed by atoms with E-state index < -0.39 is 0 Å². The van der Waals surface area contributed by atoms with Gasteiger partial charge in [-0.2, -0.15) is 0 Å². The average Bonchev–Trinajstić information content (AvgIpc) is 2.67. The van der Waals surface area contributed by atoms with Crippen LogP contribution in [0.1, 0.15) is 42.5 Å². The maximum atomic E-state index is 12.5. The van der Waals surface area contributed by atoms with Crippen molar-refractivity contribution >= 4 is 17.4 Å². The van der Waals surface area contributed by atoms with E-state index in [0.717, 1.165) is 16.9 Å². The lowest BCUT2D eigenvalue weighted by atomic mass is 9.86. The molecule has 3 rings (SSSR count). The van der Waals surface area contributed by atoms with Gasteiger partial charge in [0.05, 0.1) is 12.2 Å². The van der Waals surface area contributed by atoms with Crippen molar-refractivity contribution in [1.82, 2.24) is 15.2 Å². The molecule has 1 amide bonds. The molecule has 0 aliphatic rings. The summed E-state index contributed by atoms with van der Waals surface area (Å²) in [6.07, 6.45) is 1.74. The molecule has 1 aromatic carbocycles. The minimum atomic E-state index is -0.282. The number of anilines is 2. The van der Waals surface area contributed by atoms with Gasteiger partial charge in [0.15, 0.2) is 5.69 Å². The second kappa shape index (κ2) is 7.95. The molecule has 0 saturated carbocycles. The summed E-state index contributed by atoms with van der Waals surface area (Å²) in [6.45, 7) is 6.87. The van der Waals surface area contributed by atoms with Crippen molar-refractivity contribution in [1.29, 1.82) is 0 Å². The fourth-order valence-electron chi connectivity index (χ4n) is 2.66. The van der Waals surface area contributed by atoms with Gasteiger partial charge in [0.2, 0.25) is 0 Å². The smallest absolute Gasteiger partial charge is 0.276 e. The van der Waals surface area contributed by atoms with E-state index in [2.05, 4.69) is 46.6 Å². The van der Waals surface area contributed by atoms with E-state index in [9.17, 15) is 4.79 Å². The fourth-order valence-corrected chi connectivity index (χ4v) is 2.66. The van der Waals surface area contributed by atoms with Crippen LogP contribution in [0.15, 0.2) is 60.8 Å². The van der Waals surface area contributed by atoms with Crippen LogP contribution in [0, 0.1) is 0 Å². The molecule has 0 atom stereocenters. The lowest BCUT2D eigenvalue weighted by molar-refractivity contribution is 0.102. The van der Waals surface area contributed by atoms with Gasteiger partial charge < -0.3 is 10.6 Å². The molecule has 0 fully saturated rings. The molecule has 2 N–H and O–H groups in total. The third-order valence-electron chi connectivity index (χ3n) is 4.06. The summed E-state index contributed by atoms with van der Waals surface area (Å²) in [7, 11) is 0. The molecule has 0 spiro atoms. The molecule has 0 saturated heterocycles. The van der Waals surface area contributed by atoms with Crippen LogP contribution in [-0.2, 0) is 12.0 Å². The number of hydrogen-bond acceptors (Lipinski definition) is 5. The van der Waals surface area contributed by atoms with Crippen molar-refractivity contribution < 1.29 is 4.79 Å². The molecular weight excluding hydrogens is 338 g/mol. The number of nitrogens with one attached hydrogen (secondary N) is 2. The minimum absolute atomic E-state index is 0.0746. The third kappa shape index (κ3) is 4.88. The van der Waals surface area contributed by atoms with Gasteiger partial charge in [-0.05, 0) is 41.3 Å². The van der Waals surface area contributed by atoms with E-state index in [1.165, 1.54) is 0 Å². The summed E-state index contributed by atoms with van der Waals surface area (Å²) < 4.78 is 0. The monoisotopic (exact) mass is 361 g/mol. The molecule has 0 aliphatic carbocycles. The highest BCUT2D eigenvalue weighted by atomic mass is 16.1. The summed E-state index contributed by atoms with van der Waals surface area (Å²) in [5.74, 6) is 0.308. The highest BCUT2D eigenvalue weighted by molar-refractivity contribution is 6.03. The maximum absolute atomic E-state index is 12.5. The SMILES string of the molecule is CC(C)(C)c1ccccc1NC(=O)c1ccc(NCc2ccccn2)nn1. The van der Waals surface area contributed by atoms with Crippen LogP contribution >= 0.6 is 0 Å². The van der Waals surface area contributed by atoms with E-state index in [-0.39, 0.29) is 17.0 Å². The zero-order chi connectivity index (χ0) is 19.3. The van der Waals surface area contributed by atoms with Crippen LogP contribution in [0.2, 0.25) is 0 Å². The van der Waals surface area contributed by atoms with Gasteiger partial charge >= 0.3 is 0 Å². The van der Waals surface area contributed by atoms with Crippen LogP contribution < -0.4 is 10.6 Å². The Morgan fingerprint density at radius 3 is 2.41 bits per heavy atom. The molecular formula is C21H23N5O. The molecule has 6 heteroatoms. The molecule has 0 unspecified atom stereocenters. The predicted octanol–water partition coefficient (Wildman–Crippen LogP) is 4.03. The summed E-state index contributed by atoms with van der Waals surface area (Å²) in [5.41, 5.74) is 2.95. The number of nitrogens with zero attached hydrogens (tertiary/aromatic N) is 3. The lowest BCUT2D eigenvalue weighted by Gasteiger charge is -2.22. The Balaban J connectivity index is 1.66. The van der Waals surface area contributed by atoms with Crippen LogP contribution in [0.4, 0.5) is 11.5 Å². The van der Waals surface area contributed by atoms with Gasteiger partial charge in [-0.1, -0.05) is 45.0 Å². The van der Waals surface area contributed by atoms with Gasteiger partial charge in [0, 0.05) is 11.9 Å². The van der Waals surface area contributed by atoms with Crippen molar-refractivity contribution in [2.24, 2.45) is 0 Å². The van der Waals surface area contributed by atoms with Gasteiger partial charge in [-0.3, -0.25) is 9.78 Å². The maximum Gasteiger partial charge on any atom is 0.276 e. The number of benzene rings is 1. The molecule has 138 valence electrons.